The molecule has 2 rings (SSSR count). The minimum absolute atomic E-state index is 0.333. The molecule has 4 nitrogen and oxygen atoms in total. The van der Waals surface area contributed by atoms with Gasteiger partial charge in [0.05, 0.1) is 0 Å². The highest BCUT2D eigenvalue weighted by Crippen LogP contribution is 2.36. The van der Waals surface area contributed by atoms with E-state index in [0.717, 1.165) is 13.0 Å². The van der Waals surface area contributed by atoms with Crippen LogP contribution in [0.1, 0.15) is 57.1 Å². The second kappa shape index (κ2) is 7.82. The number of hydrogen-bond acceptors (Lipinski definition) is 3. The van der Waals surface area contributed by atoms with Crippen molar-refractivity contribution in [2.24, 2.45) is 0 Å². The number of amides is 1. The first-order chi connectivity index (χ1) is 10.8. The van der Waals surface area contributed by atoms with E-state index in [4.69, 9.17) is 4.74 Å². The number of benzene rings is 1. The third-order valence-corrected chi connectivity index (χ3v) is 4.14. The van der Waals surface area contributed by atoms with E-state index in [-0.39, 0.29) is 6.09 Å². The van der Waals surface area contributed by atoms with Crippen LogP contribution in [-0.2, 0) is 4.74 Å². The van der Waals surface area contributed by atoms with Crippen molar-refractivity contribution in [2.75, 3.05) is 13.1 Å². The van der Waals surface area contributed by atoms with Crippen molar-refractivity contribution < 1.29 is 9.53 Å². The Labute approximate surface area is 140 Å². The maximum absolute atomic E-state index is 11.5. The molecule has 1 aliphatic rings. The first-order valence-electron chi connectivity index (χ1n) is 8.60. The predicted octanol–water partition coefficient (Wildman–Crippen LogP) is 3.75. The van der Waals surface area contributed by atoms with Gasteiger partial charge >= 0.3 is 6.09 Å². The Kier molecular flexibility index (Phi) is 6.05. The van der Waals surface area contributed by atoms with Gasteiger partial charge in [0.1, 0.15) is 5.60 Å². The molecule has 0 aliphatic heterocycles. The molecule has 4 heteroatoms. The number of aryl methyl sites for hydroxylation is 1. The van der Waals surface area contributed by atoms with Crippen LogP contribution in [0.15, 0.2) is 24.3 Å². The maximum atomic E-state index is 11.5. The van der Waals surface area contributed by atoms with E-state index in [0.29, 0.717) is 18.5 Å². The monoisotopic (exact) mass is 318 g/mol. The molecule has 1 fully saturated rings. The van der Waals surface area contributed by atoms with Crippen molar-refractivity contribution in [3.8, 4) is 0 Å². The van der Waals surface area contributed by atoms with Crippen LogP contribution < -0.4 is 10.6 Å². The lowest BCUT2D eigenvalue weighted by molar-refractivity contribution is 0.0527. The van der Waals surface area contributed by atoms with Crippen LogP contribution in [0.3, 0.4) is 0 Å². The molecule has 0 heterocycles. The summed E-state index contributed by atoms with van der Waals surface area (Å²) in [7, 11) is 0. The number of hydrogen-bond donors (Lipinski definition) is 2. The van der Waals surface area contributed by atoms with E-state index in [1.165, 1.54) is 24.0 Å². The van der Waals surface area contributed by atoms with Crippen molar-refractivity contribution in [1.82, 2.24) is 10.6 Å². The molecular weight excluding hydrogens is 288 g/mol. The van der Waals surface area contributed by atoms with Gasteiger partial charge in [0.2, 0.25) is 0 Å². The Balaban J connectivity index is 1.52. The van der Waals surface area contributed by atoms with Gasteiger partial charge in [0.25, 0.3) is 0 Å². The van der Waals surface area contributed by atoms with Crippen LogP contribution in [-0.4, -0.2) is 30.8 Å². The Morgan fingerprint density at radius 1 is 1.17 bits per heavy atom. The molecule has 0 radical (unpaired) electrons. The minimum atomic E-state index is -0.431. The molecule has 0 aromatic heterocycles. The summed E-state index contributed by atoms with van der Waals surface area (Å²) in [5.74, 6) is 0.702. The summed E-state index contributed by atoms with van der Waals surface area (Å²) in [5, 5.41) is 6.35. The standard InChI is InChI=1S/C19H30N2O2/c1-14-6-8-15(9-7-14)16-12-17(13-16)20-10-5-11-21-18(22)23-19(2,3)4/h6-9,16-17,20H,5,10-13H2,1-4H3,(H,21,22). The number of carbonyl (C=O) groups excluding carboxylic acids is 1. The fraction of sp³-hybridized carbons (Fsp3) is 0.632. The van der Waals surface area contributed by atoms with E-state index in [2.05, 4.69) is 41.8 Å². The Morgan fingerprint density at radius 3 is 2.43 bits per heavy atom. The third kappa shape index (κ3) is 6.22. The molecule has 1 amide bonds. The normalized spacial score (nSPS) is 20.7. The van der Waals surface area contributed by atoms with Crippen molar-refractivity contribution in [1.29, 1.82) is 0 Å². The largest absolute Gasteiger partial charge is 0.444 e. The third-order valence-electron chi connectivity index (χ3n) is 4.14. The quantitative estimate of drug-likeness (QED) is 0.786. The first kappa shape index (κ1) is 17.8. The second-order valence-electron chi connectivity index (χ2n) is 7.51. The minimum Gasteiger partial charge on any atom is -0.444 e. The summed E-state index contributed by atoms with van der Waals surface area (Å²) in [6.07, 6.45) is 3.01. The summed E-state index contributed by atoms with van der Waals surface area (Å²) < 4.78 is 5.20. The van der Waals surface area contributed by atoms with Crippen LogP contribution in [0.4, 0.5) is 4.79 Å². The summed E-state index contributed by atoms with van der Waals surface area (Å²) in [4.78, 5) is 11.5. The highest BCUT2D eigenvalue weighted by Gasteiger charge is 2.29. The molecule has 0 bridgehead atoms. The lowest BCUT2D eigenvalue weighted by Gasteiger charge is -2.36. The molecule has 0 saturated heterocycles. The molecule has 1 aromatic carbocycles. The van der Waals surface area contributed by atoms with E-state index in [1.54, 1.807) is 0 Å². The van der Waals surface area contributed by atoms with Crippen LogP contribution in [0.2, 0.25) is 0 Å². The van der Waals surface area contributed by atoms with Gasteiger partial charge in [0.15, 0.2) is 0 Å². The molecule has 1 aromatic rings. The first-order valence-corrected chi connectivity index (χ1v) is 8.60. The number of carbonyl (C=O) groups is 1. The van der Waals surface area contributed by atoms with Gasteiger partial charge < -0.3 is 15.4 Å². The van der Waals surface area contributed by atoms with Gasteiger partial charge in [-0.15, -0.1) is 0 Å². The fourth-order valence-corrected chi connectivity index (χ4v) is 2.79. The zero-order valence-electron chi connectivity index (χ0n) is 14.8. The molecule has 0 spiro atoms. The SMILES string of the molecule is Cc1ccc(C2CC(NCCCNC(=O)OC(C)(C)C)C2)cc1. The predicted molar refractivity (Wildman–Crippen MR) is 93.8 cm³/mol. The molecule has 23 heavy (non-hydrogen) atoms. The van der Waals surface area contributed by atoms with E-state index in [1.807, 2.05) is 20.8 Å². The topological polar surface area (TPSA) is 50.4 Å². The van der Waals surface area contributed by atoms with Crippen molar-refractivity contribution in [2.45, 2.75) is 64.5 Å². The highest BCUT2D eigenvalue weighted by atomic mass is 16.6. The molecule has 1 saturated carbocycles. The summed E-state index contributed by atoms with van der Waals surface area (Å²) in [6.45, 7) is 9.32. The van der Waals surface area contributed by atoms with Crippen molar-refractivity contribution in [3.63, 3.8) is 0 Å². The highest BCUT2D eigenvalue weighted by molar-refractivity contribution is 5.67. The summed E-state index contributed by atoms with van der Waals surface area (Å²) in [5.41, 5.74) is 2.35. The zero-order valence-corrected chi connectivity index (χ0v) is 14.8. The number of rotatable bonds is 6. The number of ether oxygens (including phenoxy) is 1. The van der Waals surface area contributed by atoms with E-state index in [9.17, 15) is 4.79 Å². The Hall–Kier alpha value is -1.55. The maximum Gasteiger partial charge on any atom is 0.407 e. The van der Waals surface area contributed by atoms with E-state index < -0.39 is 5.60 Å². The average Bonchev–Trinajstić information content (AvgIpc) is 2.40. The summed E-state index contributed by atoms with van der Waals surface area (Å²) in [6, 6.07) is 9.50. The number of nitrogens with one attached hydrogen (secondary N) is 2. The number of alkyl carbamates (subject to hydrolysis) is 1. The second-order valence-corrected chi connectivity index (χ2v) is 7.51. The molecule has 2 N–H and O–H groups in total. The molecular formula is C19H30N2O2. The average molecular weight is 318 g/mol. The van der Waals surface area contributed by atoms with Crippen LogP contribution >= 0.6 is 0 Å². The zero-order chi connectivity index (χ0) is 16.9. The van der Waals surface area contributed by atoms with Crippen molar-refractivity contribution >= 4 is 6.09 Å². The molecule has 0 unspecified atom stereocenters. The van der Waals surface area contributed by atoms with Gasteiger partial charge in [-0.1, -0.05) is 29.8 Å². The Bertz CT molecular complexity index is 499. The fourth-order valence-electron chi connectivity index (χ4n) is 2.79. The van der Waals surface area contributed by atoms with Gasteiger partial charge in [-0.3, -0.25) is 0 Å². The summed E-state index contributed by atoms with van der Waals surface area (Å²) >= 11 is 0. The van der Waals surface area contributed by atoms with Gasteiger partial charge in [-0.2, -0.15) is 0 Å². The Morgan fingerprint density at radius 2 is 1.83 bits per heavy atom. The van der Waals surface area contributed by atoms with Crippen molar-refractivity contribution in [3.05, 3.63) is 35.4 Å². The molecule has 0 atom stereocenters. The van der Waals surface area contributed by atoms with Gasteiger partial charge in [-0.25, -0.2) is 4.79 Å². The molecule has 1 aliphatic carbocycles. The van der Waals surface area contributed by atoms with Gasteiger partial charge in [0, 0.05) is 12.6 Å². The lowest BCUT2D eigenvalue weighted by Crippen LogP contribution is -2.41. The smallest absolute Gasteiger partial charge is 0.407 e. The van der Waals surface area contributed by atoms with E-state index >= 15 is 0 Å². The van der Waals surface area contributed by atoms with Crippen LogP contribution in [0.5, 0.6) is 0 Å². The lowest BCUT2D eigenvalue weighted by atomic mass is 9.76. The van der Waals surface area contributed by atoms with Gasteiger partial charge in [-0.05, 0) is 65.0 Å². The van der Waals surface area contributed by atoms with Crippen LogP contribution in [0.25, 0.3) is 0 Å². The van der Waals surface area contributed by atoms with Crippen LogP contribution in [0, 0.1) is 6.92 Å². The molecule has 128 valence electrons.